The van der Waals surface area contributed by atoms with Crippen LogP contribution >= 0.6 is 11.6 Å². The Bertz CT molecular complexity index is 1090. The van der Waals surface area contributed by atoms with Gasteiger partial charge in [0.2, 0.25) is 0 Å². The first-order chi connectivity index (χ1) is 13.5. The van der Waals surface area contributed by atoms with Gasteiger partial charge in [-0.15, -0.1) is 0 Å². The molecule has 1 aromatic heterocycles. The van der Waals surface area contributed by atoms with E-state index in [0.29, 0.717) is 48.4 Å². The van der Waals surface area contributed by atoms with Crippen LogP contribution in [0.15, 0.2) is 39.5 Å². The fourth-order valence-electron chi connectivity index (χ4n) is 3.40. The molecule has 0 atom stereocenters. The molecule has 146 valence electrons. The minimum absolute atomic E-state index is 0.336. The molecule has 4 rings (SSSR count). The van der Waals surface area contributed by atoms with Crippen LogP contribution < -0.4 is 20.4 Å². The second-order valence-electron chi connectivity index (χ2n) is 7.03. The third-order valence-electron chi connectivity index (χ3n) is 5.02. The first kappa shape index (κ1) is 18.8. The Morgan fingerprint density at radius 2 is 1.89 bits per heavy atom. The number of benzene rings is 2. The van der Waals surface area contributed by atoms with Crippen molar-refractivity contribution in [3.63, 3.8) is 0 Å². The van der Waals surface area contributed by atoms with Crippen molar-refractivity contribution >= 4 is 22.6 Å². The van der Waals surface area contributed by atoms with Crippen molar-refractivity contribution in [1.82, 2.24) is 5.32 Å². The summed E-state index contributed by atoms with van der Waals surface area (Å²) in [5.74, 6) is 1.29. The van der Waals surface area contributed by atoms with Crippen molar-refractivity contribution in [2.75, 3.05) is 13.2 Å². The number of fused-ring (bicyclic) bond motifs is 2. The molecule has 1 aliphatic heterocycles. The zero-order valence-electron chi connectivity index (χ0n) is 15.9. The molecule has 2 heterocycles. The van der Waals surface area contributed by atoms with E-state index in [1.165, 1.54) is 0 Å². The number of rotatable bonds is 4. The minimum Gasteiger partial charge on any atom is -0.489 e. The zero-order chi connectivity index (χ0) is 19.7. The van der Waals surface area contributed by atoms with Crippen molar-refractivity contribution < 1.29 is 13.9 Å². The normalized spacial score (nSPS) is 13.5. The smallest absolute Gasteiger partial charge is 0.336 e. The van der Waals surface area contributed by atoms with E-state index < -0.39 is 0 Å². The summed E-state index contributed by atoms with van der Waals surface area (Å²) in [6, 6.07) is 9.43. The molecule has 5 nitrogen and oxygen atoms in total. The standard InChI is InChI=1S/C22H22ClNO4/c1-13-4-5-17-16(10-20(25)28-21(17)14(13)2)12-24-11-15-8-18(23)22-19(9-15)26-6-3-7-27-22/h4-5,8-10,24H,3,6-7,11-12H2,1-2H3. The summed E-state index contributed by atoms with van der Waals surface area (Å²) >= 11 is 6.36. The molecule has 0 amide bonds. The summed E-state index contributed by atoms with van der Waals surface area (Å²) in [6.07, 6.45) is 0.834. The maximum Gasteiger partial charge on any atom is 0.336 e. The molecule has 1 N–H and O–H groups in total. The van der Waals surface area contributed by atoms with Crippen LogP contribution in [0.1, 0.15) is 28.7 Å². The number of hydrogen-bond donors (Lipinski definition) is 1. The molecule has 28 heavy (non-hydrogen) atoms. The van der Waals surface area contributed by atoms with E-state index >= 15 is 0 Å². The van der Waals surface area contributed by atoms with Crippen LogP contribution in [0.3, 0.4) is 0 Å². The molecule has 0 fully saturated rings. The lowest BCUT2D eigenvalue weighted by atomic mass is 10.0. The van der Waals surface area contributed by atoms with Gasteiger partial charge < -0.3 is 19.2 Å². The van der Waals surface area contributed by atoms with Crippen molar-refractivity contribution in [3.05, 3.63) is 68.0 Å². The van der Waals surface area contributed by atoms with Crippen LogP contribution in [-0.2, 0) is 13.1 Å². The van der Waals surface area contributed by atoms with Crippen molar-refractivity contribution in [1.29, 1.82) is 0 Å². The van der Waals surface area contributed by atoms with Crippen LogP contribution in [0.25, 0.3) is 11.0 Å². The Kier molecular flexibility index (Phi) is 5.29. The van der Waals surface area contributed by atoms with Crippen LogP contribution in [0.4, 0.5) is 0 Å². The molecule has 3 aromatic rings. The lowest BCUT2D eigenvalue weighted by Crippen LogP contribution is -2.15. The summed E-state index contributed by atoms with van der Waals surface area (Å²) in [4.78, 5) is 12.0. The molecule has 0 radical (unpaired) electrons. The van der Waals surface area contributed by atoms with E-state index in [0.717, 1.165) is 34.1 Å². The molecule has 0 bridgehead atoms. The van der Waals surface area contributed by atoms with E-state index in [1.54, 1.807) is 6.07 Å². The van der Waals surface area contributed by atoms with Crippen molar-refractivity contribution in [2.45, 2.75) is 33.4 Å². The second kappa shape index (κ2) is 7.86. The number of hydrogen-bond acceptors (Lipinski definition) is 5. The zero-order valence-corrected chi connectivity index (χ0v) is 16.7. The third kappa shape index (κ3) is 3.73. The van der Waals surface area contributed by atoms with Gasteiger partial charge in [-0.1, -0.05) is 23.7 Å². The maximum absolute atomic E-state index is 12.0. The first-order valence-electron chi connectivity index (χ1n) is 9.34. The Labute approximate surface area is 168 Å². The topological polar surface area (TPSA) is 60.7 Å². The number of ether oxygens (including phenoxy) is 2. The minimum atomic E-state index is -0.336. The lowest BCUT2D eigenvalue weighted by Gasteiger charge is -2.13. The number of nitrogens with one attached hydrogen (secondary N) is 1. The van der Waals surface area contributed by atoms with Gasteiger partial charge in [-0.2, -0.15) is 0 Å². The molecular formula is C22H22ClNO4. The average Bonchev–Trinajstić information content (AvgIpc) is 2.91. The van der Waals surface area contributed by atoms with Gasteiger partial charge in [0, 0.05) is 31.0 Å². The second-order valence-corrected chi connectivity index (χ2v) is 7.44. The summed E-state index contributed by atoms with van der Waals surface area (Å²) in [5, 5.41) is 4.89. The monoisotopic (exact) mass is 399 g/mol. The Morgan fingerprint density at radius 3 is 2.75 bits per heavy atom. The molecule has 1 aliphatic rings. The van der Waals surface area contributed by atoms with E-state index in [-0.39, 0.29) is 5.63 Å². The van der Waals surface area contributed by atoms with Gasteiger partial charge in [0.1, 0.15) is 5.58 Å². The van der Waals surface area contributed by atoms with E-state index in [2.05, 4.69) is 5.32 Å². The molecule has 0 saturated carbocycles. The van der Waals surface area contributed by atoms with Crippen molar-refractivity contribution in [2.24, 2.45) is 0 Å². The van der Waals surface area contributed by atoms with Crippen LogP contribution in [0.5, 0.6) is 11.5 Å². The van der Waals surface area contributed by atoms with Gasteiger partial charge in [0.25, 0.3) is 0 Å². The maximum atomic E-state index is 12.0. The van der Waals surface area contributed by atoms with Crippen molar-refractivity contribution in [3.8, 4) is 11.5 Å². The summed E-state index contributed by atoms with van der Waals surface area (Å²) in [7, 11) is 0. The predicted molar refractivity (Wildman–Crippen MR) is 110 cm³/mol. The highest BCUT2D eigenvalue weighted by Gasteiger charge is 2.16. The Hall–Kier alpha value is -2.50. The quantitative estimate of drug-likeness (QED) is 0.654. The number of aryl methyl sites for hydroxylation is 2. The Balaban J connectivity index is 1.55. The van der Waals surface area contributed by atoms with E-state index in [9.17, 15) is 4.79 Å². The fourth-order valence-corrected chi connectivity index (χ4v) is 3.69. The van der Waals surface area contributed by atoms with Gasteiger partial charge in [-0.25, -0.2) is 4.79 Å². The van der Waals surface area contributed by atoms with Gasteiger partial charge in [-0.05, 0) is 48.2 Å². The summed E-state index contributed by atoms with van der Waals surface area (Å²) < 4.78 is 16.8. The molecular weight excluding hydrogens is 378 g/mol. The van der Waals surface area contributed by atoms with E-state index in [1.807, 2.05) is 38.1 Å². The molecule has 6 heteroatoms. The lowest BCUT2D eigenvalue weighted by molar-refractivity contribution is 0.297. The molecule has 2 aromatic carbocycles. The predicted octanol–water partition coefficient (Wildman–Crippen LogP) is 4.51. The SMILES string of the molecule is Cc1ccc2c(CNCc3cc(Cl)c4c(c3)OCCCO4)cc(=O)oc2c1C. The van der Waals surface area contributed by atoms with Crippen LogP contribution in [-0.4, -0.2) is 13.2 Å². The van der Waals surface area contributed by atoms with Crippen LogP contribution in [0.2, 0.25) is 5.02 Å². The summed E-state index contributed by atoms with van der Waals surface area (Å²) in [5.41, 5.74) is 4.32. The van der Waals surface area contributed by atoms with Gasteiger partial charge in [-0.3, -0.25) is 0 Å². The highest BCUT2D eigenvalue weighted by molar-refractivity contribution is 6.32. The van der Waals surface area contributed by atoms with E-state index in [4.69, 9.17) is 25.5 Å². The van der Waals surface area contributed by atoms with Gasteiger partial charge >= 0.3 is 5.63 Å². The molecule has 0 spiro atoms. The average molecular weight is 400 g/mol. The number of halogens is 1. The highest BCUT2D eigenvalue weighted by Crippen LogP contribution is 2.38. The van der Waals surface area contributed by atoms with Crippen LogP contribution in [0, 0.1) is 13.8 Å². The van der Waals surface area contributed by atoms with Gasteiger partial charge in [0.15, 0.2) is 11.5 Å². The molecule has 0 aliphatic carbocycles. The first-order valence-corrected chi connectivity index (χ1v) is 9.72. The summed E-state index contributed by atoms with van der Waals surface area (Å²) in [6.45, 7) is 6.32. The largest absolute Gasteiger partial charge is 0.489 e. The van der Waals surface area contributed by atoms with Gasteiger partial charge in [0.05, 0.1) is 18.2 Å². The third-order valence-corrected chi connectivity index (χ3v) is 5.30. The molecule has 0 saturated heterocycles. The highest BCUT2D eigenvalue weighted by atomic mass is 35.5. The Morgan fingerprint density at radius 1 is 1.07 bits per heavy atom. The molecule has 0 unspecified atom stereocenters. The fraction of sp³-hybridized carbons (Fsp3) is 0.318.